The van der Waals surface area contributed by atoms with Crippen molar-refractivity contribution >= 4 is 22.8 Å². The summed E-state index contributed by atoms with van der Waals surface area (Å²) >= 11 is 0. The highest BCUT2D eigenvalue weighted by molar-refractivity contribution is 5.93. The smallest absolute Gasteiger partial charge is 0.328 e. The zero-order valence-electron chi connectivity index (χ0n) is 17.1. The summed E-state index contributed by atoms with van der Waals surface area (Å²) in [6, 6.07) is 3.50. The topological polar surface area (TPSA) is 85.9 Å². The van der Waals surface area contributed by atoms with Crippen LogP contribution in [0.15, 0.2) is 29.3 Å². The van der Waals surface area contributed by atoms with Crippen LogP contribution < -0.4 is 16.3 Å². The molecule has 0 aliphatic carbocycles. The van der Waals surface area contributed by atoms with Crippen molar-refractivity contribution in [3.63, 3.8) is 0 Å². The zero-order chi connectivity index (χ0) is 20.4. The molecule has 28 heavy (non-hydrogen) atoms. The summed E-state index contributed by atoms with van der Waals surface area (Å²) in [5.41, 5.74) is 3.15. The summed E-state index contributed by atoms with van der Waals surface area (Å²) in [6.07, 6.45) is 4.60. The molecule has 0 saturated carbocycles. The maximum absolute atomic E-state index is 12.3. The lowest BCUT2D eigenvalue weighted by molar-refractivity contribution is 0.252. The Morgan fingerprint density at radius 1 is 1.18 bits per heavy atom. The highest BCUT2D eigenvalue weighted by atomic mass is 16.2. The van der Waals surface area contributed by atoms with Crippen LogP contribution in [0.3, 0.4) is 0 Å². The first-order chi connectivity index (χ1) is 13.3. The maximum Gasteiger partial charge on any atom is 0.328 e. The number of hydrogen-bond donors (Lipinski definition) is 2. The van der Waals surface area contributed by atoms with E-state index in [2.05, 4.69) is 34.0 Å². The predicted octanol–water partition coefficient (Wildman–Crippen LogP) is 2.72. The van der Waals surface area contributed by atoms with Crippen LogP contribution in [0.4, 0.5) is 10.5 Å². The van der Waals surface area contributed by atoms with Crippen molar-refractivity contribution in [3.05, 3.63) is 46.4 Å². The Hall–Kier alpha value is -3.03. The number of fused-ring (bicyclic) bond motifs is 1. The fraction of sp³-hybridized carbons (Fsp3) is 0.450. The Morgan fingerprint density at radius 2 is 1.86 bits per heavy atom. The average Bonchev–Trinajstić information content (AvgIpc) is 3.20. The number of urea groups is 1. The molecule has 2 amide bonds. The maximum atomic E-state index is 12.3. The van der Waals surface area contributed by atoms with E-state index in [0.29, 0.717) is 18.2 Å². The van der Waals surface area contributed by atoms with Gasteiger partial charge in [0.1, 0.15) is 5.82 Å². The van der Waals surface area contributed by atoms with Crippen molar-refractivity contribution in [1.82, 2.24) is 24.0 Å². The number of nitrogens with one attached hydrogen (secondary N) is 2. The van der Waals surface area contributed by atoms with Gasteiger partial charge in [0, 0.05) is 51.2 Å². The monoisotopic (exact) mass is 384 g/mol. The molecule has 0 unspecified atom stereocenters. The van der Waals surface area contributed by atoms with Crippen LogP contribution in [-0.4, -0.2) is 31.3 Å². The normalized spacial score (nSPS) is 11.4. The largest absolute Gasteiger partial charge is 0.338 e. The van der Waals surface area contributed by atoms with Gasteiger partial charge >= 0.3 is 11.7 Å². The molecule has 0 spiro atoms. The number of imidazole rings is 2. The molecule has 0 saturated heterocycles. The molecule has 0 aliphatic heterocycles. The van der Waals surface area contributed by atoms with Gasteiger partial charge in [-0.15, -0.1) is 0 Å². The van der Waals surface area contributed by atoms with E-state index in [1.54, 1.807) is 23.2 Å². The number of aromatic nitrogens is 4. The van der Waals surface area contributed by atoms with Gasteiger partial charge in [-0.3, -0.25) is 9.13 Å². The number of carbonyl (C=O) groups excluding carboxylic acids is 1. The summed E-state index contributed by atoms with van der Waals surface area (Å²) < 4.78 is 5.31. The van der Waals surface area contributed by atoms with Crippen LogP contribution in [0.1, 0.15) is 37.6 Å². The zero-order valence-corrected chi connectivity index (χ0v) is 17.1. The molecule has 2 aromatic heterocycles. The molecule has 2 N–H and O–H groups in total. The Labute approximate surface area is 164 Å². The SMILES string of the molecule is Cc1cc2c(cc1NC(=O)NCCCn1ccnc1C(C)C)n(C)c(=O)n2C. The van der Waals surface area contributed by atoms with Crippen LogP contribution in [0, 0.1) is 6.92 Å². The average molecular weight is 384 g/mol. The molecule has 3 aromatic rings. The molecule has 0 atom stereocenters. The molecule has 3 rings (SSSR count). The number of benzene rings is 1. The standard InChI is InChI=1S/C20H28N6O2/c1-13(2)18-21-8-10-26(18)9-6-7-22-19(27)23-15-12-17-16(11-14(15)3)24(4)20(28)25(17)5/h8,10-13H,6-7,9H2,1-5H3,(H2,22,23,27). The minimum Gasteiger partial charge on any atom is -0.338 e. The minimum absolute atomic E-state index is 0.0868. The van der Waals surface area contributed by atoms with Gasteiger partial charge in [-0.25, -0.2) is 14.6 Å². The van der Waals surface area contributed by atoms with Crippen molar-refractivity contribution in [2.75, 3.05) is 11.9 Å². The second-order valence-electron chi connectivity index (χ2n) is 7.42. The lowest BCUT2D eigenvalue weighted by Crippen LogP contribution is -2.30. The van der Waals surface area contributed by atoms with Gasteiger partial charge in [0.05, 0.1) is 11.0 Å². The fourth-order valence-electron chi connectivity index (χ4n) is 3.41. The van der Waals surface area contributed by atoms with Crippen LogP contribution in [0.2, 0.25) is 0 Å². The van der Waals surface area contributed by atoms with Crippen LogP contribution >= 0.6 is 0 Å². The van der Waals surface area contributed by atoms with Crippen LogP contribution in [-0.2, 0) is 20.6 Å². The van der Waals surface area contributed by atoms with Gasteiger partial charge in [0.2, 0.25) is 0 Å². The van der Waals surface area contributed by atoms with E-state index in [1.165, 1.54) is 0 Å². The number of hydrogen-bond acceptors (Lipinski definition) is 3. The molecular weight excluding hydrogens is 356 g/mol. The second kappa shape index (κ2) is 7.92. The second-order valence-corrected chi connectivity index (χ2v) is 7.42. The van der Waals surface area contributed by atoms with Crippen molar-refractivity contribution in [3.8, 4) is 0 Å². The van der Waals surface area contributed by atoms with Crippen LogP contribution in [0.25, 0.3) is 11.0 Å². The van der Waals surface area contributed by atoms with E-state index in [1.807, 2.05) is 31.5 Å². The van der Waals surface area contributed by atoms with Gasteiger partial charge in [-0.2, -0.15) is 0 Å². The Balaban J connectivity index is 1.59. The first-order valence-electron chi connectivity index (χ1n) is 9.51. The lowest BCUT2D eigenvalue weighted by Gasteiger charge is -2.12. The molecule has 8 heteroatoms. The van der Waals surface area contributed by atoms with E-state index in [-0.39, 0.29) is 11.7 Å². The lowest BCUT2D eigenvalue weighted by atomic mass is 10.1. The van der Waals surface area contributed by atoms with E-state index < -0.39 is 0 Å². The number of nitrogens with zero attached hydrogens (tertiary/aromatic N) is 4. The van der Waals surface area contributed by atoms with Crippen molar-refractivity contribution < 1.29 is 4.79 Å². The quantitative estimate of drug-likeness (QED) is 0.641. The van der Waals surface area contributed by atoms with Gasteiger partial charge < -0.3 is 15.2 Å². The van der Waals surface area contributed by atoms with E-state index in [4.69, 9.17) is 0 Å². The van der Waals surface area contributed by atoms with Gasteiger partial charge in [-0.1, -0.05) is 13.8 Å². The molecule has 8 nitrogen and oxygen atoms in total. The fourth-order valence-corrected chi connectivity index (χ4v) is 3.41. The highest BCUT2D eigenvalue weighted by Gasteiger charge is 2.12. The Kier molecular flexibility index (Phi) is 5.58. The number of amides is 2. The molecular formula is C20H28N6O2. The van der Waals surface area contributed by atoms with Gasteiger partial charge in [-0.05, 0) is 31.0 Å². The molecule has 2 heterocycles. The molecule has 0 bridgehead atoms. The van der Waals surface area contributed by atoms with Crippen molar-refractivity contribution in [1.29, 1.82) is 0 Å². The first kappa shape index (κ1) is 19.7. The molecule has 0 radical (unpaired) electrons. The van der Waals surface area contributed by atoms with E-state index >= 15 is 0 Å². The molecule has 1 aromatic carbocycles. The highest BCUT2D eigenvalue weighted by Crippen LogP contribution is 2.22. The predicted molar refractivity (Wildman–Crippen MR) is 111 cm³/mol. The minimum atomic E-state index is -0.252. The molecule has 150 valence electrons. The number of aryl methyl sites for hydroxylation is 4. The Morgan fingerprint density at radius 3 is 2.54 bits per heavy atom. The third-order valence-electron chi connectivity index (χ3n) is 4.99. The first-order valence-corrected chi connectivity index (χ1v) is 9.51. The van der Waals surface area contributed by atoms with Crippen LogP contribution in [0.5, 0.6) is 0 Å². The third-order valence-corrected chi connectivity index (χ3v) is 4.99. The summed E-state index contributed by atoms with van der Waals surface area (Å²) in [4.78, 5) is 28.7. The summed E-state index contributed by atoms with van der Waals surface area (Å²) in [7, 11) is 3.47. The molecule has 0 aliphatic rings. The summed E-state index contributed by atoms with van der Waals surface area (Å²) in [6.45, 7) is 7.52. The number of anilines is 1. The van der Waals surface area contributed by atoms with Crippen molar-refractivity contribution in [2.24, 2.45) is 14.1 Å². The van der Waals surface area contributed by atoms with E-state index in [0.717, 1.165) is 35.4 Å². The third kappa shape index (κ3) is 3.81. The summed E-state index contributed by atoms with van der Waals surface area (Å²) in [5.74, 6) is 1.43. The molecule has 0 fully saturated rings. The Bertz CT molecular complexity index is 1060. The van der Waals surface area contributed by atoms with Crippen molar-refractivity contribution in [2.45, 2.75) is 39.7 Å². The van der Waals surface area contributed by atoms with E-state index in [9.17, 15) is 9.59 Å². The summed E-state index contributed by atoms with van der Waals surface area (Å²) in [5, 5.41) is 5.78. The van der Waals surface area contributed by atoms with Gasteiger partial charge in [0.25, 0.3) is 0 Å². The number of carbonyl (C=O) groups is 1. The number of rotatable bonds is 6. The van der Waals surface area contributed by atoms with Gasteiger partial charge in [0.15, 0.2) is 0 Å².